The van der Waals surface area contributed by atoms with Gasteiger partial charge in [0.15, 0.2) is 5.58 Å². The molecule has 0 spiro atoms. The quantitative estimate of drug-likeness (QED) is 0.214. The van der Waals surface area contributed by atoms with Crippen LogP contribution >= 0.6 is 0 Å². The van der Waals surface area contributed by atoms with Crippen LogP contribution in [0.1, 0.15) is 0 Å². The molecule has 0 bridgehead atoms. The molecule has 44 heavy (non-hydrogen) atoms. The van der Waals surface area contributed by atoms with Crippen LogP contribution in [0, 0.1) is 0 Å². The van der Waals surface area contributed by atoms with Crippen molar-refractivity contribution in [3.63, 3.8) is 0 Å². The van der Waals surface area contributed by atoms with E-state index < -0.39 is 0 Å². The first-order chi connectivity index (χ1) is 21.8. The summed E-state index contributed by atoms with van der Waals surface area (Å²) in [7, 11) is 0. The van der Waals surface area contributed by atoms with Crippen molar-refractivity contribution in [3.8, 4) is 39.2 Å². The molecule has 3 heteroatoms. The van der Waals surface area contributed by atoms with Crippen molar-refractivity contribution in [3.05, 3.63) is 158 Å². The maximum absolute atomic E-state index is 6.00. The van der Waals surface area contributed by atoms with Gasteiger partial charge in [-0.05, 0) is 82.9 Å². The SMILES string of the molecule is c1cc(-c2cccc(-c3ccc4oc5ccccc5c4n3)c2)cc(-c2cccc(-n3c4ccccc4c4ccccc43)c2)c1. The van der Waals surface area contributed by atoms with Gasteiger partial charge in [0.25, 0.3) is 0 Å². The number of fused-ring (bicyclic) bond motifs is 6. The van der Waals surface area contributed by atoms with Gasteiger partial charge in [-0.15, -0.1) is 0 Å². The zero-order valence-electron chi connectivity index (χ0n) is 23.8. The summed E-state index contributed by atoms with van der Waals surface area (Å²) >= 11 is 0. The van der Waals surface area contributed by atoms with E-state index in [1.165, 1.54) is 38.5 Å². The molecule has 0 saturated carbocycles. The Bertz CT molecular complexity index is 2460. The van der Waals surface area contributed by atoms with Crippen molar-refractivity contribution in [1.82, 2.24) is 9.55 Å². The summed E-state index contributed by atoms with van der Waals surface area (Å²) in [5, 5.41) is 3.58. The van der Waals surface area contributed by atoms with Crippen molar-refractivity contribution in [1.29, 1.82) is 0 Å². The largest absolute Gasteiger partial charge is 0.454 e. The number of furan rings is 1. The Morgan fingerprint density at radius 3 is 1.66 bits per heavy atom. The van der Waals surface area contributed by atoms with E-state index >= 15 is 0 Å². The molecule has 3 nitrogen and oxygen atoms in total. The second kappa shape index (κ2) is 9.82. The molecule has 9 aromatic rings. The summed E-state index contributed by atoms with van der Waals surface area (Å²) in [5.41, 5.74) is 12.8. The molecule has 0 aliphatic carbocycles. The minimum Gasteiger partial charge on any atom is -0.454 e. The summed E-state index contributed by atoms with van der Waals surface area (Å²) in [6.07, 6.45) is 0. The molecule has 6 aromatic carbocycles. The Kier molecular flexibility index (Phi) is 5.50. The number of nitrogens with zero attached hydrogens (tertiary/aromatic N) is 2. The van der Waals surface area contributed by atoms with Crippen molar-refractivity contribution in [2.24, 2.45) is 0 Å². The Morgan fingerprint density at radius 1 is 0.409 bits per heavy atom. The van der Waals surface area contributed by atoms with Crippen LogP contribution in [-0.4, -0.2) is 9.55 Å². The fraction of sp³-hybridized carbons (Fsp3) is 0. The van der Waals surface area contributed by atoms with Crippen LogP contribution in [0.4, 0.5) is 0 Å². The summed E-state index contributed by atoms with van der Waals surface area (Å²) < 4.78 is 8.37. The van der Waals surface area contributed by atoms with Gasteiger partial charge >= 0.3 is 0 Å². The van der Waals surface area contributed by atoms with E-state index in [0.717, 1.165) is 44.6 Å². The number of rotatable bonds is 4. The predicted octanol–water partition coefficient (Wildman–Crippen LogP) is 11.1. The lowest BCUT2D eigenvalue weighted by Crippen LogP contribution is -1.94. The molecule has 0 aliphatic rings. The maximum atomic E-state index is 6.00. The van der Waals surface area contributed by atoms with E-state index in [-0.39, 0.29) is 0 Å². The zero-order valence-corrected chi connectivity index (χ0v) is 23.8. The molecule has 0 atom stereocenters. The van der Waals surface area contributed by atoms with Gasteiger partial charge in [-0.1, -0.05) is 97.1 Å². The van der Waals surface area contributed by atoms with Crippen LogP contribution in [0.3, 0.4) is 0 Å². The summed E-state index contributed by atoms with van der Waals surface area (Å²) in [5.74, 6) is 0. The molecule has 3 aromatic heterocycles. The fourth-order valence-corrected chi connectivity index (χ4v) is 6.51. The summed E-state index contributed by atoms with van der Waals surface area (Å²) in [6.45, 7) is 0. The van der Waals surface area contributed by atoms with Crippen molar-refractivity contribution in [2.75, 3.05) is 0 Å². The number of pyridine rings is 1. The highest BCUT2D eigenvalue weighted by Gasteiger charge is 2.13. The van der Waals surface area contributed by atoms with Gasteiger partial charge in [0.2, 0.25) is 0 Å². The van der Waals surface area contributed by atoms with E-state index in [1.807, 2.05) is 30.3 Å². The van der Waals surface area contributed by atoms with Gasteiger partial charge in [0.05, 0.1) is 16.7 Å². The third-order valence-corrected chi connectivity index (χ3v) is 8.59. The molecule has 0 saturated heterocycles. The first-order valence-corrected chi connectivity index (χ1v) is 14.9. The molecule has 3 heterocycles. The van der Waals surface area contributed by atoms with Crippen molar-refractivity contribution >= 4 is 43.9 Å². The molecule has 0 N–H and O–H groups in total. The molecule has 0 amide bonds. The third kappa shape index (κ3) is 3.94. The average molecular weight is 563 g/mol. The van der Waals surface area contributed by atoms with E-state index in [4.69, 9.17) is 9.40 Å². The first kappa shape index (κ1) is 24.6. The Labute approximate surface area is 254 Å². The van der Waals surface area contributed by atoms with Crippen LogP contribution in [0.15, 0.2) is 162 Å². The minimum absolute atomic E-state index is 0.807. The van der Waals surface area contributed by atoms with Gasteiger partial charge < -0.3 is 8.98 Å². The van der Waals surface area contributed by atoms with Gasteiger partial charge in [-0.3, -0.25) is 0 Å². The van der Waals surface area contributed by atoms with Gasteiger partial charge in [-0.2, -0.15) is 0 Å². The Hall–Kier alpha value is -5.93. The maximum Gasteiger partial charge on any atom is 0.153 e. The second-order valence-corrected chi connectivity index (χ2v) is 11.2. The molecular weight excluding hydrogens is 536 g/mol. The van der Waals surface area contributed by atoms with E-state index in [1.54, 1.807) is 0 Å². The lowest BCUT2D eigenvalue weighted by atomic mass is 9.97. The number of aromatic nitrogens is 2. The molecule has 0 aliphatic heterocycles. The minimum atomic E-state index is 0.807. The fourth-order valence-electron chi connectivity index (χ4n) is 6.51. The summed E-state index contributed by atoms with van der Waals surface area (Å²) in [6, 6.07) is 55.7. The third-order valence-electron chi connectivity index (χ3n) is 8.59. The Balaban J connectivity index is 1.11. The monoisotopic (exact) mass is 562 g/mol. The van der Waals surface area contributed by atoms with Gasteiger partial charge in [0, 0.05) is 27.4 Å². The van der Waals surface area contributed by atoms with Crippen molar-refractivity contribution in [2.45, 2.75) is 0 Å². The molecular formula is C41H26N2O. The highest BCUT2D eigenvalue weighted by molar-refractivity contribution is 6.09. The summed E-state index contributed by atoms with van der Waals surface area (Å²) in [4.78, 5) is 5.01. The topological polar surface area (TPSA) is 31.0 Å². The van der Waals surface area contributed by atoms with E-state index in [9.17, 15) is 0 Å². The lowest BCUT2D eigenvalue weighted by molar-refractivity contribution is 0.668. The van der Waals surface area contributed by atoms with E-state index in [2.05, 4.69) is 132 Å². The number of hydrogen-bond acceptors (Lipinski definition) is 2. The molecule has 0 fully saturated rings. The van der Waals surface area contributed by atoms with Crippen LogP contribution in [0.5, 0.6) is 0 Å². The number of para-hydroxylation sites is 3. The van der Waals surface area contributed by atoms with E-state index in [0.29, 0.717) is 0 Å². The van der Waals surface area contributed by atoms with Crippen LogP contribution in [0.25, 0.3) is 83.1 Å². The highest BCUT2D eigenvalue weighted by atomic mass is 16.3. The molecule has 9 rings (SSSR count). The van der Waals surface area contributed by atoms with Crippen molar-refractivity contribution < 1.29 is 4.42 Å². The Morgan fingerprint density at radius 2 is 0.955 bits per heavy atom. The van der Waals surface area contributed by atoms with Gasteiger partial charge in [0.1, 0.15) is 11.1 Å². The standard InChI is InChI=1S/C41H26N2O/c1-4-19-37-33(16-1)34-17-2-5-20-38(34)43(37)32-15-9-13-30(26-32)28-11-7-10-27(24-28)29-12-8-14-31(25-29)36-22-23-40-41(42-36)35-18-3-6-21-39(35)44-40/h1-26H. The molecule has 0 radical (unpaired) electrons. The number of benzene rings is 6. The number of hydrogen-bond donors (Lipinski definition) is 0. The molecule has 206 valence electrons. The zero-order chi connectivity index (χ0) is 29.0. The average Bonchev–Trinajstić information content (AvgIpc) is 3.64. The highest BCUT2D eigenvalue weighted by Crippen LogP contribution is 2.35. The molecule has 0 unspecified atom stereocenters. The second-order valence-electron chi connectivity index (χ2n) is 11.2. The lowest BCUT2D eigenvalue weighted by Gasteiger charge is -2.12. The van der Waals surface area contributed by atoms with Crippen LogP contribution in [0.2, 0.25) is 0 Å². The van der Waals surface area contributed by atoms with Crippen LogP contribution in [-0.2, 0) is 0 Å². The smallest absolute Gasteiger partial charge is 0.153 e. The normalized spacial score (nSPS) is 11.6. The first-order valence-electron chi connectivity index (χ1n) is 14.9. The predicted molar refractivity (Wildman–Crippen MR) is 182 cm³/mol. The van der Waals surface area contributed by atoms with Gasteiger partial charge in [-0.25, -0.2) is 4.98 Å². The van der Waals surface area contributed by atoms with Crippen LogP contribution < -0.4 is 0 Å².